The van der Waals surface area contributed by atoms with Gasteiger partial charge in [-0.1, -0.05) is 0 Å². The fraction of sp³-hybridized carbons (Fsp3) is 1.00. The van der Waals surface area contributed by atoms with Crippen molar-refractivity contribution >= 4 is 0 Å². The third-order valence-corrected chi connectivity index (χ3v) is 3.04. The van der Waals surface area contributed by atoms with E-state index in [2.05, 4.69) is 30.8 Å². The van der Waals surface area contributed by atoms with Crippen LogP contribution in [0.1, 0.15) is 6.92 Å². The lowest BCUT2D eigenvalue weighted by Gasteiger charge is -2.53. The standard InChI is InChI=1S/C9H18N2O/c1-8-4-12-9(7-11(8)3)5-10(2)6-9/h8H,4-7H2,1-3H3/t8-/m1/s1. The van der Waals surface area contributed by atoms with E-state index in [1.54, 1.807) is 0 Å². The van der Waals surface area contributed by atoms with Crippen LogP contribution in [0.25, 0.3) is 0 Å². The maximum Gasteiger partial charge on any atom is 0.106 e. The minimum Gasteiger partial charge on any atom is -0.369 e. The number of rotatable bonds is 0. The molecule has 2 rings (SSSR count). The summed E-state index contributed by atoms with van der Waals surface area (Å²) in [4.78, 5) is 4.71. The summed E-state index contributed by atoms with van der Waals surface area (Å²) in [7, 11) is 4.33. The number of hydrogen-bond acceptors (Lipinski definition) is 3. The number of nitrogens with zero attached hydrogens (tertiary/aromatic N) is 2. The van der Waals surface area contributed by atoms with Crippen LogP contribution in [0, 0.1) is 0 Å². The molecule has 3 heteroatoms. The number of hydrogen-bond donors (Lipinski definition) is 0. The number of likely N-dealkylation sites (N-methyl/N-ethyl adjacent to an activating group) is 2. The van der Waals surface area contributed by atoms with Crippen LogP contribution >= 0.6 is 0 Å². The van der Waals surface area contributed by atoms with Gasteiger partial charge in [-0.3, -0.25) is 4.90 Å². The summed E-state index contributed by atoms with van der Waals surface area (Å²) in [5.41, 5.74) is 0.177. The van der Waals surface area contributed by atoms with E-state index in [-0.39, 0.29) is 5.60 Å². The van der Waals surface area contributed by atoms with Gasteiger partial charge >= 0.3 is 0 Å². The summed E-state index contributed by atoms with van der Waals surface area (Å²) in [6.07, 6.45) is 0. The molecule has 0 aromatic rings. The second-order valence-corrected chi connectivity index (χ2v) is 4.43. The summed E-state index contributed by atoms with van der Waals surface area (Å²) >= 11 is 0. The Kier molecular flexibility index (Phi) is 1.90. The SMILES string of the molecule is C[C@@H]1COC2(CN(C)C2)CN1C. The highest BCUT2D eigenvalue weighted by atomic mass is 16.5. The van der Waals surface area contributed by atoms with Gasteiger partial charge in [-0.25, -0.2) is 0 Å². The van der Waals surface area contributed by atoms with Crippen LogP contribution in [-0.2, 0) is 4.74 Å². The molecule has 0 unspecified atom stereocenters. The van der Waals surface area contributed by atoms with Crippen molar-refractivity contribution in [2.45, 2.75) is 18.6 Å². The second-order valence-electron chi connectivity index (χ2n) is 4.43. The third-order valence-electron chi connectivity index (χ3n) is 3.04. The highest BCUT2D eigenvalue weighted by molar-refractivity contribution is 5.00. The zero-order valence-electron chi connectivity index (χ0n) is 8.21. The minimum atomic E-state index is 0.177. The van der Waals surface area contributed by atoms with Gasteiger partial charge in [0.15, 0.2) is 0 Å². The van der Waals surface area contributed by atoms with Crippen LogP contribution in [0.2, 0.25) is 0 Å². The topological polar surface area (TPSA) is 15.7 Å². The van der Waals surface area contributed by atoms with Crippen molar-refractivity contribution in [1.29, 1.82) is 0 Å². The van der Waals surface area contributed by atoms with Crippen LogP contribution in [0.15, 0.2) is 0 Å². The number of ether oxygens (including phenoxy) is 1. The molecular formula is C9H18N2O. The number of likely N-dealkylation sites (tertiary alicyclic amines) is 1. The fourth-order valence-electron chi connectivity index (χ4n) is 2.21. The lowest BCUT2D eigenvalue weighted by molar-refractivity contribution is -0.187. The maximum atomic E-state index is 5.87. The molecule has 0 saturated carbocycles. The molecule has 70 valence electrons. The Labute approximate surface area is 74.3 Å². The van der Waals surface area contributed by atoms with Gasteiger partial charge in [-0.2, -0.15) is 0 Å². The highest BCUT2D eigenvalue weighted by Crippen LogP contribution is 2.28. The Morgan fingerprint density at radius 1 is 1.25 bits per heavy atom. The molecule has 2 heterocycles. The van der Waals surface area contributed by atoms with E-state index in [1.807, 2.05) is 0 Å². The molecule has 0 amide bonds. The van der Waals surface area contributed by atoms with Gasteiger partial charge in [-0.05, 0) is 21.0 Å². The molecule has 0 radical (unpaired) electrons. The second kappa shape index (κ2) is 2.69. The van der Waals surface area contributed by atoms with Crippen LogP contribution in [0.5, 0.6) is 0 Å². The summed E-state index contributed by atoms with van der Waals surface area (Å²) in [6, 6.07) is 0.585. The fourth-order valence-corrected chi connectivity index (χ4v) is 2.21. The molecule has 2 aliphatic heterocycles. The number of morpholine rings is 1. The van der Waals surface area contributed by atoms with Crippen LogP contribution in [0.4, 0.5) is 0 Å². The van der Waals surface area contributed by atoms with Gasteiger partial charge in [0, 0.05) is 25.7 Å². The molecule has 2 fully saturated rings. The normalized spacial score (nSPS) is 36.8. The summed E-state index contributed by atoms with van der Waals surface area (Å²) < 4.78 is 5.87. The lowest BCUT2D eigenvalue weighted by Crippen LogP contribution is -2.69. The van der Waals surface area contributed by atoms with Crippen LogP contribution in [-0.4, -0.2) is 61.8 Å². The average Bonchev–Trinajstić information content (AvgIpc) is 1.95. The monoisotopic (exact) mass is 170 g/mol. The zero-order chi connectivity index (χ0) is 8.77. The predicted octanol–water partition coefficient (Wildman–Crippen LogP) is 0.0211. The lowest BCUT2D eigenvalue weighted by atomic mass is 9.92. The van der Waals surface area contributed by atoms with Gasteiger partial charge in [-0.15, -0.1) is 0 Å². The van der Waals surface area contributed by atoms with E-state index in [4.69, 9.17) is 4.74 Å². The van der Waals surface area contributed by atoms with Crippen LogP contribution < -0.4 is 0 Å². The van der Waals surface area contributed by atoms with Crippen molar-refractivity contribution in [1.82, 2.24) is 9.80 Å². The van der Waals surface area contributed by atoms with E-state index in [0.29, 0.717) is 6.04 Å². The van der Waals surface area contributed by atoms with E-state index in [0.717, 1.165) is 26.2 Å². The quantitative estimate of drug-likeness (QED) is 0.510. The van der Waals surface area contributed by atoms with Gasteiger partial charge in [0.05, 0.1) is 6.61 Å². The van der Waals surface area contributed by atoms with E-state index < -0.39 is 0 Å². The van der Waals surface area contributed by atoms with Crippen molar-refractivity contribution < 1.29 is 4.74 Å². The van der Waals surface area contributed by atoms with E-state index in [1.165, 1.54) is 0 Å². The van der Waals surface area contributed by atoms with Crippen molar-refractivity contribution in [3.63, 3.8) is 0 Å². The molecule has 0 aromatic carbocycles. The first-order chi connectivity index (χ1) is 5.61. The molecule has 0 N–H and O–H groups in total. The first-order valence-electron chi connectivity index (χ1n) is 4.64. The largest absolute Gasteiger partial charge is 0.369 e. The van der Waals surface area contributed by atoms with Crippen molar-refractivity contribution in [3.8, 4) is 0 Å². The molecule has 12 heavy (non-hydrogen) atoms. The van der Waals surface area contributed by atoms with Crippen LogP contribution in [0.3, 0.4) is 0 Å². The van der Waals surface area contributed by atoms with E-state index >= 15 is 0 Å². The zero-order valence-corrected chi connectivity index (χ0v) is 8.21. The molecule has 2 saturated heterocycles. The minimum absolute atomic E-state index is 0.177. The smallest absolute Gasteiger partial charge is 0.106 e. The summed E-state index contributed by atoms with van der Waals surface area (Å²) in [5, 5.41) is 0. The Morgan fingerprint density at radius 2 is 1.92 bits per heavy atom. The van der Waals surface area contributed by atoms with Crippen molar-refractivity contribution in [2.75, 3.05) is 40.3 Å². The summed E-state index contributed by atoms with van der Waals surface area (Å²) in [5.74, 6) is 0. The average molecular weight is 170 g/mol. The van der Waals surface area contributed by atoms with E-state index in [9.17, 15) is 0 Å². The molecule has 3 nitrogen and oxygen atoms in total. The van der Waals surface area contributed by atoms with Gasteiger partial charge in [0.25, 0.3) is 0 Å². The van der Waals surface area contributed by atoms with Gasteiger partial charge < -0.3 is 9.64 Å². The molecule has 2 aliphatic rings. The molecule has 1 atom stereocenters. The Morgan fingerprint density at radius 3 is 2.42 bits per heavy atom. The highest BCUT2D eigenvalue weighted by Gasteiger charge is 2.46. The Balaban J connectivity index is 1.95. The molecular weight excluding hydrogens is 152 g/mol. The molecule has 0 aliphatic carbocycles. The van der Waals surface area contributed by atoms with Crippen molar-refractivity contribution in [3.05, 3.63) is 0 Å². The first kappa shape index (κ1) is 8.48. The van der Waals surface area contributed by atoms with Gasteiger partial charge in [0.2, 0.25) is 0 Å². The Hall–Kier alpha value is -0.120. The summed E-state index contributed by atoms with van der Waals surface area (Å²) in [6.45, 7) is 6.41. The maximum absolute atomic E-state index is 5.87. The molecule has 0 bridgehead atoms. The first-order valence-corrected chi connectivity index (χ1v) is 4.64. The Bertz CT molecular complexity index is 177. The third kappa shape index (κ3) is 1.26. The van der Waals surface area contributed by atoms with Crippen molar-refractivity contribution in [2.24, 2.45) is 0 Å². The predicted molar refractivity (Wildman–Crippen MR) is 48.3 cm³/mol. The van der Waals surface area contributed by atoms with Gasteiger partial charge in [0.1, 0.15) is 5.60 Å². The molecule has 0 aromatic heterocycles. The molecule has 1 spiro atoms.